The third-order valence-corrected chi connectivity index (χ3v) is 7.94. The number of urea groups is 1. The van der Waals surface area contributed by atoms with Crippen molar-refractivity contribution in [3.63, 3.8) is 0 Å². The third kappa shape index (κ3) is 9.75. The van der Waals surface area contributed by atoms with Crippen molar-refractivity contribution in [1.29, 1.82) is 0 Å². The molecule has 238 valence electrons. The molecule has 45 heavy (non-hydrogen) atoms. The summed E-state index contributed by atoms with van der Waals surface area (Å²) in [6.07, 6.45) is 2.45. The molecule has 4 rings (SSSR count). The predicted octanol–water partition coefficient (Wildman–Crippen LogP) is 6.72. The number of ether oxygens (including phenoxy) is 1. The first-order valence-corrected chi connectivity index (χ1v) is 15.7. The molecule has 1 aliphatic rings. The number of carboxylic acid groups (broad SMARTS) is 1. The predicted molar refractivity (Wildman–Crippen MR) is 165 cm³/mol. The molecule has 0 aromatic heterocycles. The summed E-state index contributed by atoms with van der Waals surface area (Å²) >= 11 is -1.85. The Hall–Kier alpha value is -4.49. The van der Waals surface area contributed by atoms with Crippen molar-refractivity contribution in [2.75, 3.05) is 23.0 Å². The summed E-state index contributed by atoms with van der Waals surface area (Å²) in [4.78, 5) is 37.9. The average Bonchev–Trinajstić information content (AvgIpc) is 3.00. The zero-order valence-electron chi connectivity index (χ0n) is 24.4. The number of nitrogens with zero attached hydrogens (tertiary/aromatic N) is 1. The van der Waals surface area contributed by atoms with Gasteiger partial charge in [0, 0.05) is 29.5 Å². The van der Waals surface area contributed by atoms with Gasteiger partial charge in [-0.05, 0) is 90.0 Å². The number of carbonyl (C=O) groups is 3. The lowest BCUT2D eigenvalue weighted by atomic mass is 9.93. The maximum absolute atomic E-state index is 13.7. The van der Waals surface area contributed by atoms with Gasteiger partial charge in [0.1, 0.15) is 6.26 Å². The van der Waals surface area contributed by atoms with Crippen molar-refractivity contribution in [3.05, 3.63) is 89.5 Å². The summed E-state index contributed by atoms with van der Waals surface area (Å²) in [6, 6.07) is 16.7. The van der Waals surface area contributed by atoms with Gasteiger partial charge < -0.3 is 25.0 Å². The Labute approximate surface area is 261 Å². The van der Waals surface area contributed by atoms with E-state index in [0.717, 1.165) is 37.3 Å². The molecule has 1 atom stereocenters. The van der Waals surface area contributed by atoms with Crippen molar-refractivity contribution in [1.82, 2.24) is 5.32 Å². The van der Waals surface area contributed by atoms with Crippen LogP contribution in [0.1, 0.15) is 53.6 Å². The number of carbonyl (C=O) groups excluding carboxylic acids is 2. The molecule has 13 heteroatoms. The van der Waals surface area contributed by atoms with Gasteiger partial charge in [0.15, 0.2) is 10.6 Å². The number of hydrogen-bond donors (Lipinski definition) is 3. The summed E-state index contributed by atoms with van der Waals surface area (Å²) < 4.78 is 54.7. The fraction of sp³-hybridized carbons (Fsp3) is 0.281. The van der Waals surface area contributed by atoms with Crippen molar-refractivity contribution in [3.8, 4) is 5.75 Å². The van der Waals surface area contributed by atoms with Crippen molar-refractivity contribution >= 4 is 46.0 Å². The Balaban J connectivity index is 1.58. The highest BCUT2D eigenvalue weighted by atomic mass is 32.2. The Bertz CT molecular complexity index is 1540. The standard InChI is InChI=1S/C32H32F3N3O6S/c1-45(43)28-19-25(13-16-27(28)44-32(33,34)35)37-31(42)38(26-14-11-23(12-15-26)22-5-3-2-4-6-22)20-21-7-9-24(10-8-21)30(41)36-18-17-29(39)40/h5,7-16,19H,2-4,6,17-18,20H2,1H3,(H,36,41)(H,37,42)(H,39,40). The summed E-state index contributed by atoms with van der Waals surface area (Å²) in [5, 5.41) is 14.0. The lowest BCUT2D eigenvalue weighted by molar-refractivity contribution is -0.275. The average molecular weight is 644 g/mol. The molecule has 3 amide bonds. The number of halogens is 3. The first-order chi connectivity index (χ1) is 21.4. The number of carboxylic acids is 1. The van der Waals surface area contributed by atoms with Crippen LogP contribution in [0.4, 0.5) is 29.3 Å². The molecule has 1 aliphatic carbocycles. The number of anilines is 2. The first-order valence-electron chi connectivity index (χ1n) is 14.1. The van der Waals surface area contributed by atoms with E-state index in [-0.39, 0.29) is 30.1 Å². The summed E-state index contributed by atoms with van der Waals surface area (Å²) in [5.41, 5.74) is 3.92. The highest BCUT2D eigenvalue weighted by molar-refractivity contribution is 7.90. The molecule has 0 fully saturated rings. The van der Waals surface area contributed by atoms with Crippen LogP contribution in [0.2, 0.25) is 0 Å². The van der Waals surface area contributed by atoms with E-state index in [2.05, 4.69) is 21.4 Å². The molecule has 3 aromatic rings. The molecule has 0 saturated heterocycles. The van der Waals surface area contributed by atoms with Crippen LogP contribution in [0.25, 0.3) is 5.57 Å². The Kier molecular flexibility index (Phi) is 11.1. The molecule has 0 radical (unpaired) electrons. The van der Waals surface area contributed by atoms with E-state index >= 15 is 0 Å². The van der Waals surface area contributed by atoms with Crippen LogP contribution in [0.3, 0.4) is 0 Å². The summed E-state index contributed by atoms with van der Waals surface area (Å²) in [5.74, 6) is -2.10. The maximum Gasteiger partial charge on any atom is 0.573 e. The van der Waals surface area contributed by atoms with Gasteiger partial charge in [0.25, 0.3) is 5.91 Å². The summed E-state index contributed by atoms with van der Waals surface area (Å²) in [7, 11) is 0. The quantitative estimate of drug-likeness (QED) is 0.199. The van der Waals surface area contributed by atoms with Crippen LogP contribution in [0, 0.1) is 0 Å². The highest BCUT2D eigenvalue weighted by Gasteiger charge is 2.34. The number of hydrogen-bond acceptors (Lipinski definition) is 5. The zero-order valence-corrected chi connectivity index (χ0v) is 25.2. The topological polar surface area (TPSA) is 131 Å². The van der Waals surface area contributed by atoms with E-state index in [9.17, 15) is 32.1 Å². The molecule has 0 aliphatic heterocycles. The molecule has 1 unspecified atom stereocenters. The number of benzene rings is 3. The molecular weight excluding hydrogens is 611 g/mol. The monoisotopic (exact) mass is 643 g/mol. The van der Waals surface area contributed by atoms with Crippen LogP contribution < -0.4 is 20.3 Å². The van der Waals surface area contributed by atoms with Gasteiger partial charge in [-0.1, -0.05) is 30.3 Å². The lowest BCUT2D eigenvalue weighted by Crippen LogP contribution is -2.34. The smallest absolute Gasteiger partial charge is 0.573 e. The van der Waals surface area contributed by atoms with Gasteiger partial charge in [-0.15, -0.1) is 13.2 Å². The van der Waals surface area contributed by atoms with E-state index < -0.39 is 41.2 Å². The number of nitrogens with one attached hydrogen (secondary N) is 2. The first kappa shape index (κ1) is 33.4. The minimum Gasteiger partial charge on any atom is -0.612 e. The van der Waals surface area contributed by atoms with Gasteiger partial charge >= 0.3 is 18.4 Å². The molecule has 9 nitrogen and oxygen atoms in total. The van der Waals surface area contributed by atoms with E-state index in [1.165, 1.54) is 28.9 Å². The SMILES string of the molecule is C[S+]([O-])c1cc(NC(=O)N(Cc2ccc(C(=O)NCCC(=O)O)cc2)c2ccc(C3=CCCCC3)cc2)ccc1OC(F)(F)F. The second-order valence-electron chi connectivity index (χ2n) is 10.3. The molecular formula is C32H32F3N3O6S. The normalized spacial score (nSPS) is 13.8. The molecule has 0 saturated carbocycles. The Morgan fingerprint density at radius 3 is 2.33 bits per heavy atom. The molecule has 3 aromatic carbocycles. The van der Waals surface area contributed by atoms with Gasteiger partial charge in [-0.3, -0.25) is 14.5 Å². The number of allylic oxidation sites excluding steroid dienone is 2. The maximum atomic E-state index is 13.7. The number of amides is 3. The Morgan fingerprint density at radius 2 is 1.73 bits per heavy atom. The molecule has 3 N–H and O–H groups in total. The number of rotatable bonds is 11. The van der Waals surface area contributed by atoms with E-state index in [1.54, 1.807) is 36.4 Å². The second kappa shape index (κ2) is 15.0. The molecule has 0 heterocycles. The van der Waals surface area contributed by atoms with Gasteiger partial charge in [0.05, 0.1) is 13.0 Å². The van der Waals surface area contributed by atoms with E-state index in [0.29, 0.717) is 16.8 Å². The van der Waals surface area contributed by atoms with Gasteiger partial charge in [-0.25, -0.2) is 4.79 Å². The fourth-order valence-corrected chi connectivity index (χ4v) is 5.46. The molecule has 0 spiro atoms. The highest BCUT2D eigenvalue weighted by Crippen LogP contribution is 2.33. The second-order valence-corrected chi connectivity index (χ2v) is 11.6. The van der Waals surface area contributed by atoms with Crippen LogP contribution in [-0.2, 0) is 22.5 Å². The van der Waals surface area contributed by atoms with Gasteiger partial charge in [-0.2, -0.15) is 0 Å². The minimum absolute atomic E-state index is 0.0204. The van der Waals surface area contributed by atoms with Crippen LogP contribution >= 0.6 is 0 Å². The zero-order chi connectivity index (χ0) is 32.6. The third-order valence-electron chi connectivity index (χ3n) is 7.00. The van der Waals surface area contributed by atoms with Crippen LogP contribution in [0.5, 0.6) is 5.75 Å². The fourth-order valence-electron chi connectivity index (χ4n) is 4.78. The van der Waals surface area contributed by atoms with Crippen molar-refractivity contribution in [2.24, 2.45) is 0 Å². The Morgan fingerprint density at radius 1 is 1.02 bits per heavy atom. The minimum atomic E-state index is -4.98. The van der Waals surface area contributed by atoms with E-state index in [4.69, 9.17) is 5.11 Å². The lowest BCUT2D eigenvalue weighted by Gasteiger charge is -2.24. The van der Waals surface area contributed by atoms with Crippen LogP contribution in [-0.4, -0.2) is 46.7 Å². The molecule has 0 bridgehead atoms. The van der Waals surface area contributed by atoms with E-state index in [1.807, 2.05) is 12.1 Å². The largest absolute Gasteiger partial charge is 0.612 e. The van der Waals surface area contributed by atoms with Crippen LogP contribution in [0.15, 0.2) is 77.7 Å². The summed E-state index contributed by atoms with van der Waals surface area (Å²) in [6.45, 7) is 0.0457. The van der Waals surface area contributed by atoms with Crippen molar-refractivity contribution in [2.45, 2.75) is 49.9 Å². The van der Waals surface area contributed by atoms with Crippen molar-refractivity contribution < 1.29 is 42.0 Å². The number of aliphatic carboxylic acids is 1. The van der Waals surface area contributed by atoms with Gasteiger partial charge in [0.2, 0.25) is 0 Å². The number of alkyl halides is 3.